The highest BCUT2D eigenvalue weighted by molar-refractivity contribution is 5.73. The number of ether oxygens (including phenoxy) is 1. The van der Waals surface area contributed by atoms with Gasteiger partial charge in [0.05, 0.1) is 12.8 Å². The van der Waals surface area contributed by atoms with Crippen molar-refractivity contribution in [2.75, 3.05) is 7.11 Å². The van der Waals surface area contributed by atoms with Gasteiger partial charge in [-0.2, -0.15) is 0 Å². The maximum atomic E-state index is 12.4. The van der Waals surface area contributed by atoms with Gasteiger partial charge in [-0.25, -0.2) is 0 Å². The molecule has 3 heteroatoms. The largest absolute Gasteiger partial charge is 0.496 e. The van der Waals surface area contributed by atoms with Crippen molar-refractivity contribution in [1.29, 1.82) is 0 Å². The molecule has 140 valence electrons. The number of methoxy groups -OCH3 is 1. The smallest absolute Gasteiger partial charge is 0.189 e. The van der Waals surface area contributed by atoms with E-state index in [2.05, 4.69) is 23.3 Å². The van der Waals surface area contributed by atoms with Crippen molar-refractivity contribution in [3.63, 3.8) is 0 Å². The first kappa shape index (κ1) is 20.0. The summed E-state index contributed by atoms with van der Waals surface area (Å²) in [6, 6.07) is 6.53. The average molecular weight is 354 g/mol. The molecule has 26 heavy (non-hydrogen) atoms. The molecule has 2 aliphatic rings. The molecule has 0 N–H and O–H groups in total. The average Bonchev–Trinajstić information content (AvgIpc) is 3.45. The minimum atomic E-state index is 0.0530. The van der Waals surface area contributed by atoms with E-state index in [1.165, 1.54) is 11.1 Å². The monoisotopic (exact) mass is 353 g/mol. The normalized spacial score (nSPS) is 18.0. The first-order valence-corrected chi connectivity index (χ1v) is 9.62. The van der Waals surface area contributed by atoms with E-state index in [0.717, 1.165) is 34.6 Å². The van der Waals surface area contributed by atoms with E-state index < -0.39 is 0 Å². The van der Waals surface area contributed by atoms with Crippen LogP contribution >= 0.6 is 0 Å². The molecule has 3 nitrogen and oxygen atoms in total. The molecule has 1 aromatic carbocycles. The summed E-state index contributed by atoms with van der Waals surface area (Å²) in [5.74, 6) is 1.47. The van der Waals surface area contributed by atoms with Crippen LogP contribution in [0.5, 0.6) is 5.75 Å². The van der Waals surface area contributed by atoms with E-state index in [1.807, 2.05) is 47.7 Å². The summed E-state index contributed by atoms with van der Waals surface area (Å²) in [7, 11) is 1.71. The van der Waals surface area contributed by atoms with Crippen LogP contribution in [-0.4, -0.2) is 11.7 Å². The highest BCUT2D eigenvalue weighted by atomic mass is 16.5. The molecule has 1 fully saturated rings. The third-order valence-electron chi connectivity index (χ3n) is 4.90. The highest BCUT2D eigenvalue weighted by Gasteiger charge is 2.45. The summed E-state index contributed by atoms with van der Waals surface area (Å²) in [5, 5.41) is 0. The van der Waals surface area contributed by atoms with Gasteiger partial charge in [0.2, 0.25) is 0 Å². The second-order valence-electron chi connectivity index (χ2n) is 6.44. The van der Waals surface area contributed by atoms with Gasteiger partial charge in [-0.15, -0.1) is 0 Å². The molecule has 2 aromatic rings. The summed E-state index contributed by atoms with van der Waals surface area (Å²) in [6.45, 7) is 15.9. The number of hydrogen-bond donors (Lipinski definition) is 0. The van der Waals surface area contributed by atoms with Crippen molar-refractivity contribution in [1.82, 2.24) is 4.57 Å². The highest BCUT2D eigenvalue weighted by Crippen LogP contribution is 2.59. The van der Waals surface area contributed by atoms with Gasteiger partial charge >= 0.3 is 0 Å². The SMILES string of the molecule is C=C(C)c1cn2c(cc1=O)-c1cc(C)c(OC)cc1C1CC12.CC.CC. The predicted molar refractivity (Wildman–Crippen MR) is 111 cm³/mol. The third-order valence-corrected chi connectivity index (χ3v) is 4.90. The molecule has 2 unspecified atom stereocenters. The third kappa shape index (κ3) is 3.23. The van der Waals surface area contributed by atoms with Gasteiger partial charge in [0.1, 0.15) is 5.75 Å². The van der Waals surface area contributed by atoms with Gasteiger partial charge in [-0.05, 0) is 49.1 Å². The lowest BCUT2D eigenvalue weighted by Gasteiger charge is -2.24. The second-order valence-corrected chi connectivity index (χ2v) is 6.44. The van der Waals surface area contributed by atoms with E-state index in [-0.39, 0.29) is 5.43 Å². The van der Waals surface area contributed by atoms with E-state index >= 15 is 0 Å². The molecule has 0 radical (unpaired) electrons. The number of aryl methyl sites for hydroxylation is 1. The van der Waals surface area contributed by atoms with Crippen LogP contribution in [-0.2, 0) is 0 Å². The molecule has 0 saturated heterocycles. The van der Waals surface area contributed by atoms with Gasteiger partial charge in [0.15, 0.2) is 5.43 Å². The first-order chi connectivity index (χ1) is 12.5. The van der Waals surface area contributed by atoms with E-state index in [1.54, 1.807) is 13.2 Å². The lowest BCUT2D eigenvalue weighted by molar-refractivity contribution is 0.411. The first-order valence-electron chi connectivity index (χ1n) is 9.62. The van der Waals surface area contributed by atoms with Crippen LogP contribution in [0.4, 0.5) is 0 Å². The molecule has 1 saturated carbocycles. The Kier molecular flexibility index (Phi) is 6.12. The Balaban J connectivity index is 0.000000570. The fraction of sp³-hybridized carbons (Fsp3) is 0.435. The Bertz CT molecular complexity index is 877. The van der Waals surface area contributed by atoms with E-state index in [4.69, 9.17) is 4.74 Å². The zero-order valence-electron chi connectivity index (χ0n) is 17.1. The Morgan fingerprint density at radius 3 is 2.42 bits per heavy atom. The lowest BCUT2D eigenvalue weighted by Crippen LogP contribution is -2.16. The van der Waals surface area contributed by atoms with Crippen molar-refractivity contribution in [3.8, 4) is 17.0 Å². The Morgan fingerprint density at radius 1 is 1.19 bits per heavy atom. The van der Waals surface area contributed by atoms with Gasteiger partial charge in [0, 0.05) is 35.3 Å². The molecular formula is C23H31NO2. The van der Waals surface area contributed by atoms with Crippen LogP contribution in [0.25, 0.3) is 16.8 Å². The number of fused-ring (bicyclic) bond motifs is 6. The summed E-state index contributed by atoms with van der Waals surface area (Å²) in [4.78, 5) is 12.4. The van der Waals surface area contributed by atoms with Gasteiger partial charge in [-0.1, -0.05) is 34.3 Å². The maximum absolute atomic E-state index is 12.4. The van der Waals surface area contributed by atoms with Crippen LogP contribution in [0.1, 0.15) is 69.7 Å². The number of benzene rings is 1. The van der Waals surface area contributed by atoms with Crippen molar-refractivity contribution in [3.05, 3.63) is 57.9 Å². The fourth-order valence-corrected chi connectivity index (χ4v) is 3.64. The van der Waals surface area contributed by atoms with Crippen molar-refractivity contribution in [2.45, 2.75) is 59.9 Å². The van der Waals surface area contributed by atoms with Gasteiger partial charge in [-0.3, -0.25) is 4.79 Å². The number of hydrogen-bond acceptors (Lipinski definition) is 2. The van der Waals surface area contributed by atoms with Crippen LogP contribution < -0.4 is 10.2 Å². The number of nitrogens with zero attached hydrogens (tertiary/aromatic N) is 1. The summed E-state index contributed by atoms with van der Waals surface area (Å²) < 4.78 is 7.73. The van der Waals surface area contributed by atoms with Crippen LogP contribution in [0.2, 0.25) is 0 Å². The molecule has 1 aromatic heterocycles. The molecule has 4 rings (SSSR count). The Morgan fingerprint density at radius 2 is 1.85 bits per heavy atom. The van der Waals surface area contributed by atoms with Gasteiger partial charge in [0.25, 0.3) is 0 Å². The molecule has 2 atom stereocenters. The van der Waals surface area contributed by atoms with Crippen LogP contribution in [0, 0.1) is 6.92 Å². The number of allylic oxidation sites excluding steroid dienone is 1. The molecule has 0 amide bonds. The summed E-state index contributed by atoms with van der Waals surface area (Å²) in [5.41, 5.74) is 6.21. The number of pyridine rings is 1. The Hall–Kier alpha value is -2.29. The summed E-state index contributed by atoms with van der Waals surface area (Å²) in [6.07, 6.45) is 3.12. The molecule has 1 aliphatic carbocycles. The molecular weight excluding hydrogens is 322 g/mol. The van der Waals surface area contributed by atoms with Crippen molar-refractivity contribution >= 4 is 5.57 Å². The predicted octanol–water partition coefficient (Wildman–Crippen LogP) is 5.96. The van der Waals surface area contributed by atoms with Crippen LogP contribution in [0.3, 0.4) is 0 Å². The topological polar surface area (TPSA) is 31.2 Å². The molecule has 0 bridgehead atoms. The Labute approximate surface area is 157 Å². The van der Waals surface area contributed by atoms with E-state index in [0.29, 0.717) is 12.0 Å². The van der Waals surface area contributed by atoms with Gasteiger partial charge < -0.3 is 9.30 Å². The summed E-state index contributed by atoms with van der Waals surface area (Å²) >= 11 is 0. The zero-order chi connectivity index (χ0) is 19.6. The van der Waals surface area contributed by atoms with E-state index in [9.17, 15) is 4.79 Å². The molecule has 0 spiro atoms. The van der Waals surface area contributed by atoms with Crippen molar-refractivity contribution < 1.29 is 4.74 Å². The fourth-order valence-electron chi connectivity index (χ4n) is 3.64. The van der Waals surface area contributed by atoms with Crippen LogP contribution in [0.15, 0.2) is 35.8 Å². The quantitative estimate of drug-likeness (QED) is 0.667. The second kappa shape index (κ2) is 7.94. The molecule has 2 heterocycles. The number of aromatic nitrogens is 1. The maximum Gasteiger partial charge on any atom is 0.189 e. The minimum absolute atomic E-state index is 0.0530. The number of rotatable bonds is 2. The zero-order valence-corrected chi connectivity index (χ0v) is 17.1. The lowest BCUT2D eigenvalue weighted by atomic mass is 9.93. The standard InChI is InChI=1S/C19H19NO2.2C2H6/c1-10(2)15-9-20-16-6-14(16)12-7-19(22-4)11(3)5-13(12)17(20)8-18(15)21;2*1-2/h5,7-9,14,16H,1,6H2,2-4H3;2*1-2H3. The van der Waals surface area contributed by atoms with Crippen molar-refractivity contribution in [2.24, 2.45) is 0 Å². The minimum Gasteiger partial charge on any atom is -0.496 e. The molecule has 1 aliphatic heterocycles.